The van der Waals surface area contributed by atoms with Crippen LogP contribution >= 0.6 is 0 Å². The van der Waals surface area contributed by atoms with E-state index in [-0.39, 0.29) is 5.56 Å². The van der Waals surface area contributed by atoms with Crippen LogP contribution in [0.1, 0.15) is 27.4 Å². The number of carbonyl (C=O) groups is 3. The SMILES string of the molecule is O=C(NCC(=O)C(c1ccccc1)C(O)(C(=O)O)c1ccccc1)c1ccccc1. The van der Waals surface area contributed by atoms with Gasteiger partial charge >= 0.3 is 5.97 Å². The van der Waals surface area contributed by atoms with Gasteiger partial charge < -0.3 is 15.5 Å². The second-order valence-corrected chi connectivity index (χ2v) is 6.80. The highest BCUT2D eigenvalue weighted by atomic mass is 16.4. The van der Waals surface area contributed by atoms with Crippen LogP contribution in [-0.2, 0) is 15.2 Å². The third-order valence-corrected chi connectivity index (χ3v) is 4.87. The van der Waals surface area contributed by atoms with E-state index in [1.54, 1.807) is 78.9 Å². The van der Waals surface area contributed by atoms with Gasteiger partial charge in [0.2, 0.25) is 5.60 Å². The molecule has 0 aliphatic heterocycles. The summed E-state index contributed by atoms with van der Waals surface area (Å²) in [7, 11) is 0. The number of rotatable bonds is 8. The zero-order valence-corrected chi connectivity index (χ0v) is 16.1. The molecule has 0 aromatic heterocycles. The lowest BCUT2D eigenvalue weighted by molar-refractivity contribution is -0.165. The normalized spacial score (nSPS) is 13.6. The van der Waals surface area contributed by atoms with Gasteiger partial charge in [0.25, 0.3) is 5.91 Å². The van der Waals surface area contributed by atoms with Crippen molar-refractivity contribution >= 4 is 17.7 Å². The first kappa shape index (κ1) is 21.0. The topological polar surface area (TPSA) is 104 Å². The number of benzene rings is 3. The monoisotopic (exact) mass is 403 g/mol. The number of carboxylic acid groups (broad SMARTS) is 1. The molecular formula is C24H21NO5. The molecule has 30 heavy (non-hydrogen) atoms. The van der Waals surface area contributed by atoms with Gasteiger partial charge in [-0.15, -0.1) is 0 Å². The van der Waals surface area contributed by atoms with Crippen LogP contribution in [0.5, 0.6) is 0 Å². The first-order chi connectivity index (χ1) is 14.4. The molecule has 0 radical (unpaired) electrons. The summed E-state index contributed by atoms with van der Waals surface area (Å²) < 4.78 is 0. The Morgan fingerprint density at radius 3 is 1.83 bits per heavy atom. The Morgan fingerprint density at radius 1 is 0.800 bits per heavy atom. The van der Waals surface area contributed by atoms with Crippen LogP contribution in [0.15, 0.2) is 91.0 Å². The highest BCUT2D eigenvalue weighted by Crippen LogP contribution is 2.38. The Bertz CT molecular complexity index is 1020. The number of nitrogens with one attached hydrogen (secondary N) is 1. The maximum absolute atomic E-state index is 13.2. The summed E-state index contributed by atoms with van der Waals surface area (Å²) in [6.07, 6.45) is 0. The number of carboxylic acids is 1. The van der Waals surface area contributed by atoms with E-state index in [0.717, 1.165) is 0 Å². The third-order valence-electron chi connectivity index (χ3n) is 4.87. The summed E-state index contributed by atoms with van der Waals surface area (Å²) in [5.74, 6) is -4.06. The Balaban J connectivity index is 1.95. The average Bonchev–Trinajstić information content (AvgIpc) is 2.79. The molecule has 0 heterocycles. The molecule has 6 nitrogen and oxygen atoms in total. The molecular weight excluding hydrogens is 382 g/mol. The van der Waals surface area contributed by atoms with Gasteiger partial charge in [-0.2, -0.15) is 0 Å². The van der Waals surface area contributed by atoms with Crippen LogP contribution in [0.25, 0.3) is 0 Å². The number of aliphatic carboxylic acids is 1. The standard InChI is InChI=1S/C24H21NO5/c26-20(16-25-22(27)18-12-6-2-7-13-18)21(17-10-4-1-5-11-17)24(30,23(28)29)19-14-8-3-9-15-19/h1-15,21,30H,16H2,(H,25,27)(H,28,29). The fourth-order valence-electron chi connectivity index (χ4n) is 3.37. The molecule has 2 atom stereocenters. The van der Waals surface area contributed by atoms with Gasteiger partial charge in [0.1, 0.15) is 0 Å². The molecule has 0 fully saturated rings. The van der Waals surface area contributed by atoms with E-state index in [9.17, 15) is 24.6 Å². The molecule has 1 amide bonds. The average molecular weight is 403 g/mol. The van der Waals surface area contributed by atoms with Crippen LogP contribution in [0.4, 0.5) is 0 Å². The predicted molar refractivity (Wildman–Crippen MR) is 111 cm³/mol. The maximum atomic E-state index is 13.2. The molecule has 0 saturated heterocycles. The van der Waals surface area contributed by atoms with E-state index in [1.807, 2.05) is 0 Å². The third kappa shape index (κ3) is 4.29. The Kier molecular flexibility index (Phi) is 6.39. The van der Waals surface area contributed by atoms with Gasteiger partial charge in [-0.3, -0.25) is 9.59 Å². The van der Waals surface area contributed by atoms with Crippen LogP contribution < -0.4 is 5.32 Å². The minimum atomic E-state index is -2.50. The van der Waals surface area contributed by atoms with Crippen LogP contribution in [0.3, 0.4) is 0 Å². The fourth-order valence-corrected chi connectivity index (χ4v) is 3.37. The molecule has 0 bridgehead atoms. The second-order valence-electron chi connectivity index (χ2n) is 6.80. The van der Waals surface area contributed by atoms with Gasteiger partial charge in [-0.1, -0.05) is 78.9 Å². The van der Waals surface area contributed by atoms with Crippen molar-refractivity contribution in [2.75, 3.05) is 6.54 Å². The summed E-state index contributed by atoms with van der Waals surface area (Å²) in [6.45, 7) is -0.435. The Hall–Kier alpha value is -3.77. The number of hydrogen-bond donors (Lipinski definition) is 3. The zero-order valence-electron chi connectivity index (χ0n) is 16.1. The number of ketones is 1. The Labute approximate surface area is 173 Å². The summed E-state index contributed by atoms with van der Waals surface area (Å²) in [5, 5.41) is 23.7. The lowest BCUT2D eigenvalue weighted by Gasteiger charge is -2.32. The van der Waals surface area contributed by atoms with Crippen molar-refractivity contribution in [2.24, 2.45) is 0 Å². The summed E-state index contributed by atoms with van der Waals surface area (Å²) in [6, 6.07) is 24.4. The van der Waals surface area contributed by atoms with Crippen molar-refractivity contribution in [3.05, 3.63) is 108 Å². The summed E-state index contributed by atoms with van der Waals surface area (Å²) in [4.78, 5) is 37.7. The van der Waals surface area contributed by atoms with Crippen LogP contribution in [0.2, 0.25) is 0 Å². The van der Waals surface area contributed by atoms with E-state index in [2.05, 4.69) is 5.32 Å². The number of aliphatic hydroxyl groups is 1. The van der Waals surface area contributed by atoms with Crippen molar-refractivity contribution in [3.8, 4) is 0 Å². The van der Waals surface area contributed by atoms with Crippen molar-refractivity contribution < 1.29 is 24.6 Å². The quantitative estimate of drug-likeness (QED) is 0.537. The molecule has 6 heteroatoms. The molecule has 3 aromatic carbocycles. The molecule has 3 rings (SSSR count). The summed E-state index contributed by atoms with van der Waals surface area (Å²) >= 11 is 0. The van der Waals surface area contributed by atoms with E-state index >= 15 is 0 Å². The first-order valence-corrected chi connectivity index (χ1v) is 9.36. The lowest BCUT2D eigenvalue weighted by atomic mass is 9.75. The van der Waals surface area contributed by atoms with Gasteiger partial charge in [-0.05, 0) is 23.3 Å². The lowest BCUT2D eigenvalue weighted by Crippen LogP contribution is -2.47. The molecule has 3 aromatic rings. The molecule has 0 aliphatic rings. The second kappa shape index (κ2) is 9.15. The van der Waals surface area contributed by atoms with Gasteiger partial charge in [0.15, 0.2) is 5.78 Å². The van der Waals surface area contributed by atoms with E-state index in [4.69, 9.17) is 0 Å². The fraction of sp³-hybridized carbons (Fsp3) is 0.125. The van der Waals surface area contributed by atoms with Crippen LogP contribution in [-0.4, -0.2) is 34.4 Å². The minimum Gasteiger partial charge on any atom is -0.479 e. The molecule has 2 unspecified atom stereocenters. The van der Waals surface area contributed by atoms with Crippen molar-refractivity contribution in [1.29, 1.82) is 0 Å². The van der Waals surface area contributed by atoms with E-state index < -0.39 is 35.7 Å². The van der Waals surface area contributed by atoms with Gasteiger partial charge in [0, 0.05) is 5.56 Å². The minimum absolute atomic E-state index is 0.0779. The van der Waals surface area contributed by atoms with E-state index in [0.29, 0.717) is 11.1 Å². The number of Topliss-reactive ketones (excluding diaryl/α,β-unsaturated/α-hetero) is 1. The Morgan fingerprint density at radius 2 is 1.30 bits per heavy atom. The number of carbonyl (C=O) groups excluding carboxylic acids is 2. The molecule has 0 spiro atoms. The smallest absolute Gasteiger partial charge is 0.341 e. The molecule has 0 aliphatic carbocycles. The van der Waals surface area contributed by atoms with Crippen molar-refractivity contribution in [1.82, 2.24) is 5.32 Å². The van der Waals surface area contributed by atoms with E-state index in [1.165, 1.54) is 12.1 Å². The zero-order chi connectivity index (χ0) is 21.6. The largest absolute Gasteiger partial charge is 0.479 e. The van der Waals surface area contributed by atoms with Crippen molar-refractivity contribution in [3.63, 3.8) is 0 Å². The molecule has 0 saturated carbocycles. The number of amides is 1. The summed E-state index contributed by atoms with van der Waals surface area (Å²) in [5.41, 5.74) is -1.71. The molecule has 3 N–H and O–H groups in total. The first-order valence-electron chi connectivity index (χ1n) is 9.36. The van der Waals surface area contributed by atoms with Gasteiger partial charge in [-0.25, -0.2) is 4.79 Å². The van der Waals surface area contributed by atoms with Gasteiger partial charge in [0.05, 0.1) is 12.5 Å². The maximum Gasteiger partial charge on any atom is 0.341 e. The molecule has 152 valence electrons. The highest BCUT2D eigenvalue weighted by Gasteiger charge is 2.50. The number of hydrogen-bond acceptors (Lipinski definition) is 4. The highest BCUT2D eigenvalue weighted by molar-refractivity contribution is 6.00. The van der Waals surface area contributed by atoms with Crippen molar-refractivity contribution in [2.45, 2.75) is 11.5 Å². The predicted octanol–water partition coefficient (Wildman–Crippen LogP) is 2.74. The van der Waals surface area contributed by atoms with Crippen LogP contribution in [0, 0.1) is 0 Å².